The van der Waals surface area contributed by atoms with Gasteiger partial charge in [0.25, 0.3) is 5.95 Å². The first-order valence-electron chi connectivity index (χ1n) is 5.40. The van der Waals surface area contributed by atoms with Crippen LogP contribution in [0, 0.1) is 0 Å². The molecular weight excluding hydrogens is 287 g/mol. The number of nitrogens with zero attached hydrogens (tertiary/aromatic N) is 5. The maximum atomic E-state index is 6.03. The van der Waals surface area contributed by atoms with E-state index in [9.17, 15) is 0 Å². The van der Waals surface area contributed by atoms with E-state index >= 15 is 0 Å². The molecule has 0 saturated carbocycles. The first-order chi connectivity index (χ1) is 9.09. The molecule has 1 aromatic carbocycles. The summed E-state index contributed by atoms with van der Waals surface area (Å²) in [6, 6.07) is 5.27. The summed E-state index contributed by atoms with van der Waals surface area (Å²) >= 11 is 12.1. The van der Waals surface area contributed by atoms with E-state index in [2.05, 4.69) is 20.7 Å². The Morgan fingerprint density at radius 1 is 1.32 bits per heavy atom. The average Bonchev–Trinajstić information content (AvgIpc) is 2.81. The lowest BCUT2D eigenvalue weighted by Gasteiger charge is -2.14. The zero-order valence-electron chi connectivity index (χ0n) is 10.4. The smallest absolute Gasteiger partial charge is 0.263 e. The van der Waals surface area contributed by atoms with Gasteiger partial charge in [-0.25, -0.2) is 10.1 Å². The van der Waals surface area contributed by atoms with Crippen LogP contribution < -0.4 is 10.4 Å². The number of rotatable bonds is 4. The van der Waals surface area contributed by atoms with Gasteiger partial charge < -0.3 is 5.01 Å². The Labute approximate surface area is 120 Å². The Balaban J connectivity index is 2.14. The van der Waals surface area contributed by atoms with Crippen molar-refractivity contribution in [3.05, 3.63) is 40.1 Å². The number of hydrogen-bond donors (Lipinski definition) is 1. The van der Waals surface area contributed by atoms with E-state index in [-0.39, 0.29) is 0 Å². The Bertz CT molecular complexity index is 572. The van der Waals surface area contributed by atoms with Gasteiger partial charge in [-0.3, -0.25) is 0 Å². The van der Waals surface area contributed by atoms with E-state index in [0.717, 1.165) is 0 Å². The highest BCUT2D eigenvalue weighted by atomic mass is 35.5. The molecule has 19 heavy (non-hydrogen) atoms. The molecule has 0 aliphatic heterocycles. The molecule has 100 valence electrons. The van der Waals surface area contributed by atoms with Crippen molar-refractivity contribution < 1.29 is 0 Å². The molecule has 0 fully saturated rings. The Morgan fingerprint density at radius 2 is 2.00 bits per heavy atom. The van der Waals surface area contributed by atoms with Gasteiger partial charge in [-0.15, -0.1) is 10.2 Å². The molecule has 0 saturated heterocycles. The van der Waals surface area contributed by atoms with Gasteiger partial charge in [0.1, 0.15) is 6.33 Å². The van der Waals surface area contributed by atoms with E-state index in [1.807, 2.05) is 14.1 Å². The van der Waals surface area contributed by atoms with Gasteiger partial charge in [-0.2, -0.15) is 5.10 Å². The van der Waals surface area contributed by atoms with Crippen molar-refractivity contribution in [3.63, 3.8) is 0 Å². The van der Waals surface area contributed by atoms with Crippen LogP contribution in [-0.4, -0.2) is 35.2 Å². The summed E-state index contributed by atoms with van der Waals surface area (Å²) < 4.78 is 1.70. The number of nitrogens with one attached hydrogen (secondary N) is 1. The number of hydrazone groups is 1. The molecule has 2 rings (SSSR count). The van der Waals surface area contributed by atoms with Crippen molar-refractivity contribution >= 4 is 35.4 Å². The standard InChI is InChI=1S/C11H12Cl2N6/c1-18(2)19-7-15-17-11(19)16-14-6-8-9(12)4-3-5-10(8)13/h3-7H,1-2H3,(H,16,17). The molecule has 1 aromatic heterocycles. The van der Waals surface area contributed by atoms with E-state index in [1.54, 1.807) is 40.4 Å². The molecule has 0 spiro atoms. The molecule has 1 heterocycles. The summed E-state index contributed by atoms with van der Waals surface area (Å²) in [5.41, 5.74) is 3.42. The Kier molecular flexibility index (Phi) is 4.24. The molecule has 6 nitrogen and oxygen atoms in total. The van der Waals surface area contributed by atoms with Gasteiger partial charge in [0, 0.05) is 19.7 Å². The largest absolute Gasteiger partial charge is 0.315 e. The lowest BCUT2D eigenvalue weighted by molar-refractivity contribution is 0.732. The normalized spacial score (nSPS) is 10.9. The molecule has 8 heteroatoms. The molecule has 0 bridgehead atoms. The second-order valence-electron chi connectivity index (χ2n) is 3.85. The van der Waals surface area contributed by atoms with Gasteiger partial charge in [0.05, 0.1) is 16.3 Å². The highest BCUT2D eigenvalue weighted by molar-refractivity contribution is 6.38. The van der Waals surface area contributed by atoms with Gasteiger partial charge in [-0.1, -0.05) is 29.3 Å². The highest BCUT2D eigenvalue weighted by Crippen LogP contribution is 2.22. The fraction of sp³-hybridized carbons (Fsp3) is 0.182. The van der Waals surface area contributed by atoms with Gasteiger partial charge in [0.15, 0.2) is 0 Å². The fourth-order valence-electron chi connectivity index (χ4n) is 1.38. The van der Waals surface area contributed by atoms with Crippen LogP contribution in [0.25, 0.3) is 0 Å². The van der Waals surface area contributed by atoms with Crippen LogP contribution in [-0.2, 0) is 0 Å². The van der Waals surface area contributed by atoms with Crippen LogP contribution in [0.4, 0.5) is 5.95 Å². The molecule has 0 radical (unpaired) electrons. The van der Waals surface area contributed by atoms with Crippen LogP contribution in [0.2, 0.25) is 10.0 Å². The average molecular weight is 299 g/mol. The molecular formula is C11H12Cl2N6. The third-order valence-corrected chi connectivity index (χ3v) is 2.98. The fourth-order valence-corrected chi connectivity index (χ4v) is 1.88. The third kappa shape index (κ3) is 3.15. The zero-order valence-corrected chi connectivity index (χ0v) is 11.9. The molecule has 0 amide bonds. The van der Waals surface area contributed by atoms with Crippen LogP contribution in [0.3, 0.4) is 0 Å². The van der Waals surface area contributed by atoms with Gasteiger partial charge in [-0.05, 0) is 12.1 Å². The summed E-state index contributed by atoms with van der Waals surface area (Å²) in [7, 11) is 3.73. The van der Waals surface area contributed by atoms with Crippen LogP contribution in [0.15, 0.2) is 29.6 Å². The van der Waals surface area contributed by atoms with Crippen LogP contribution in [0.1, 0.15) is 5.56 Å². The van der Waals surface area contributed by atoms with Crippen molar-refractivity contribution in [1.29, 1.82) is 0 Å². The molecule has 0 aliphatic rings. The van der Waals surface area contributed by atoms with Crippen molar-refractivity contribution in [3.8, 4) is 0 Å². The predicted octanol–water partition coefficient (Wildman–Crippen LogP) is 2.23. The SMILES string of the molecule is CN(C)n1cnnc1NN=Cc1c(Cl)cccc1Cl. The number of halogens is 2. The van der Waals surface area contributed by atoms with E-state index in [1.165, 1.54) is 0 Å². The van der Waals surface area contributed by atoms with Gasteiger partial charge in [0.2, 0.25) is 0 Å². The second-order valence-corrected chi connectivity index (χ2v) is 4.67. The minimum Gasteiger partial charge on any atom is -0.315 e. The maximum absolute atomic E-state index is 6.03. The number of benzene rings is 1. The quantitative estimate of drug-likeness (QED) is 0.695. The maximum Gasteiger partial charge on any atom is 0.263 e. The monoisotopic (exact) mass is 298 g/mol. The third-order valence-electron chi connectivity index (χ3n) is 2.32. The molecule has 1 N–H and O–H groups in total. The summed E-state index contributed by atoms with van der Waals surface area (Å²) in [5.74, 6) is 0.490. The van der Waals surface area contributed by atoms with E-state index < -0.39 is 0 Å². The first-order valence-corrected chi connectivity index (χ1v) is 6.16. The Hall–Kier alpha value is -1.79. The predicted molar refractivity (Wildman–Crippen MR) is 77.8 cm³/mol. The van der Waals surface area contributed by atoms with Crippen molar-refractivity contribution in [2.45, 2.75) is 0 Å². The number of anilines is 1. The summed E-state index contributed by atoms with van der Waals surface area (Å²) in [6.07, 6.45) is 3.11. The number of hydrogen-bond acceptors (Lipinski definition) is 5. The van der Waals surface area contributed by atoms with Crippen LogP contribution >= 0.6 is 23.2 Å². The second kappa shape index (κ2) is 5.90. The lowest BCUT2D eigenvalue weighted by Crippen LogP contribution is -2.25. The van der Waals surface area contributed by atoms with Crippen molar-refractivity contribution in [2.75, 3.05) is 24.5 Å². The summed E-state index contributed by atoms with van der Waals surface area (Å²) in [4.78, 5) is 0. The van der Waals surface area contributed by atoms with E-state index in [4.69, 9.17) is 23.2 Å². The van der Waals surface area contributed by atoms with Crippen molar-refractivity contribution in [2.24, 2.45) is 5.10 Å². The minimum absolute atomic E-state index is 0.490. The van der Waals surface area contributed by atoms with Gasteiger partial charge >= 0.3 is 0 Å². The van der Waals surface area contributed by atoms with Crippen LogP contribution in [0.5, 0.6) is 0 Å². The Morgan fingerprint density at radius 3 is 2.63 bits per heavy atom. The number of aromatic nitrogens is 3. The molecule has 2 aromatic rings. The zero-order chi connectivity index (χ0) is 13.8. The lowest BCUT2D eigenvalue weighted by atomic mass is 10.2. The summed E-state index contributed by atoms with van der Waals surface area (Å²) in [6.45, 7) is 0. The highest BCUT2D eigenvalue weighted by Gasteiger charge is 2.04. The minimum atomic E-state index is 0.490. The topological polar surface area (TPSA) is 58.3 Å². The molecule has 0 aliphatic carbocycles. The molecule has 0 unspecified atom stereocenters. The first kappa shape index (κ1) is 13.6. The molecule has 0 atom stereocenters. The van der Waals surface area contributed by atoms with Crippen molar-refractivity contribution in [1.82, 2.24) is 14.9 Å². The summed E-state index contributed by atoms with van der Waals surface area (Å²) in [5, 5.41) is 14.6. The van der Waals surface area contributed by atoms with E-state index in [0.29, 0.717) is 21.6 Å².